The third-order valence-electron chi connectivity index (χ3n) is 3.59. The zero-order valence-electron chi connectivity index (χ0n) is 7.67. The van der Waals surface area contributed by atoms with E-state index in [2.05, 4.69) is 0 Å². The van der Waals surface area contributed by atoms with Gasteiger partial charge in [-0.3, -0.25) is 0 Å². The van der Waals surface area contributed by atoms with Crippen molar-refractivity contribution < 1.29 is 0 Å². The summed E-state index contributed by atoms with van der Waals surface area (Å²) >= 11 is 0. The molecule has 0 radical (unpaired) electrons. The van der Waals surface area contributed by atoms with Crippen LogP contribution in [0.25, 0.3) is 0 Å². The van der Waals surface area contributed by atoms with Gasteiger partial charge in [0.15, 0.2) is 0 Å². The van der Waals surface area contributed by atoms with Crippen molar-refractivity contribution in [2.24, 2.45) is 17.6 Å². The summed E-state index contributed by atoms with van der Waals surface area (Å²) in [4.78, 5) is 0. The molecule has 0 spiro atoms. The molecule has 2 aliphatic carbocycles. The summed E-state index contributed by atoms with van der Waals surface area (Å²) in [7, 11) is 0. The minimum atomic E-state index is 0. The molecule has 2 fully saturated rings. The third-order valence-corrected chi connectivity index (χ3v) is 3.59. The molecule has 0 unspecified atom stereocenters. The highest BCUT2D eigenvalue weighted by Crippen LogP contribution is 2.41. The Kier molecular flexibility index (Phi) is 3.85. The van der Waals surface area contributed by atoms with Crippen LogP contribution >= 0.6 is 12.4 Å². The van der Waals surface area contributed by atoms with Crippen LogP contribution in [0.15, 0.2) is 0 Å². The molecule has 2 heteroatoms. The molecule has 0 bridgehead atoms. The van der Waals surface area contributed by atoms with E-state index in [1.165, 1.54) is 44.9 Å². The lowest BCUT2D eigenvalue weighted by atomic mass is 9.64. The molecule has 2 rings (SSSR count). The molecule has 72 valence electrons. The molecule has 0 aliphatic heterocycles. The van der Waals surface area contributed by atoms with E-state index in [9.17, 15) is 0 Å². The number of hydrogen-bond donors (Lipinski definition) is 1. The molecule has 3 atom stereocenters. The number of hydrogen-bond acceptors (Lipinski definition) is 1. The van der Waals surface area contributed by atoms with Gasteiger partial charge in [-0.25, -0.2) is 0 Å². The number of halogens is 1. The predicted molar refractivity (Wildman–Crippen MR) is 54.5 cm³/mol. The summed E-state index contributed by atoms with van der Waals surface area (Å²) in [5, 5.41) is 0. The lowest BCUT2D eigenvalue weighted by Crippen LogP contribution is -2.47. The minimum Gasteiger partial charge on any atom is -0.327 e. The van der Waals surface area contributed by atoms with E-state index in [1.807, 2.05) is 0 Å². The fourth-order valence-corrected chi connectivity index (χ4v) is 2.77. The van der Waals surface area contributed by atoms with Crippen LogP contribution in [-0.2, 0) is 0 Å². The average Bonchev–Trinajstić information content (AvgIpc) is 1.96. The molecule has 0 heterocycles. The molecule has 12 heavy (non-hydrogen) atoms. The normalized spacial score (nSPS) is 41.2. The molecule has 0 amide bonds. The van der Waals surface area contributed by atoms with E-state index in [1.54, 1.807) is 0 Å². The van der Waals surface area contributed by atoms with Crippen molar-refractivity contribution in [1.29, 1.82) is 0 Å². The van der Waals surface area contributed by atoms with Crippen molar-refractivity contribution in [3.05, 3.63) is 0 Å². The van der Waals surface area contributed by atoms with Crippen LogP contribution in [0.4, 0.5) is 0 Å². The fourth-order valence-electron chi connectivity index (χ4n) is 2.77. The highest BCUT2D eigenvalue weighted by Gasteiger charge is 2.37. The van der Waals surface area contributed by atoms with Crippen LogP contribution in [0.3, 0.4) is 0 Å². The van der Waals surface area contributed by atoms with E-state index >= 15 is 0 Å². The van der Waals surface area contributed by atoms with E-state index in [0.29, 0.717) is 6.04 Å². The van der Waals surface area contributed by atoms with Gasteiger partial charge in [0.05, 0.1) is 0 Å². The van der Waals surface area contributed by atoms with Gasteiger partial charge in [0.1, 0.15) is 0 Å². The standard InChI is InChI=1S/C10H19N.ClH/c11-10-7-8-5-3-1-2-4-6-9(8)10;/h8-10H,1-7,11H2;1H/t8-,9-,10+;/m0./s1. The molecule has 0 saturated heterocycles. The average molecular weight is 190 g/mol. The van der Waals surface area contributed by atoms with Gasteiger partial charge in [0, 0.05) is 6.04 Å². The summed E-state index contributed by atoms with van der Waals surface area (Å²) in [6, 6.07) is 0.568. The summed E-state index contributed by atoms with van der Waals surface area (Å²) < 4.78 is 0. The highest BCUT2D eigenvalue weighted by atomic mass is 35.5. The molecule has 0 aromatic heterocycles. The molecule has 2 N–H and O–H groups in total. The Morgan fingerprint density at radius 2 is 1.58 bits per heavy atom. The maximum atomic E-state index is 5.95. The maximum absolute atomic E-state index is 5.95. The molecular weight excluding hydrogens is 170 g/mol. The Bertz CT molecular complexity index is 138. The van der Waals surface area contributed by atoms with E-state index in [0.717, 1.165) is 11.8 Å². The number of fused-ring (bicyclic) bond motifs is 1. The topological polar surface area (TPSA) is 26.0 Å². The Morgan fingerprint density at radius 1 is 0.917 bits per heavy atom. The van der Waals surface area contributed by atoms with E-state index in [4.69, 9.17) is 5.73 Å². The summed E-state index contributed by atoms with van der Waals surface area (Å²) in [6.07, 6.45) is 10.0. The second-order valence-corrected chi connectivity index (χ2v) is 4.32. The van der Waals surface area contributed by atoms with Gasteiger partial charge in [-0.15, -0.1) is 12.4 Å². The minimum absolute atomic E-state index is 0. The Balaban J connectivity index is 0.000000720. The fraction of sp³-hybridized carbons (Fsp3) is 1.00. The molecular formula is C10H20ClN. The summed E-state index contributed by atoms with van der Waals surface area (Å²) in [5.41, 5.74) is 5.95. The van der Waals surface area contributed by atoms with Crippen LogP contribution in [0, 0.1) is 11.8 Å². The first-order valence-electron chi connectivity index (χ1n) is 5.13. The first-order chi connectivity index (χ1) is 5.38. The molecule has 2 aliphatic rings. The molecule has 0 aromatic rings. The van der Waals surface area contributed by atoms with Crippen LogP contribution in [0.5, 0.6) is 0 Å². The van der Waals surface area contributed by atoms with Gasteiger partial charge in [-0.1, -0.05) is 32.1 Å². The van der Waals surface area contributed by atoms with Crippen molar-refractivity contribution in [2.75, 3.05) is 0 Å². The van der Waals surface area contributed by atoms with Crippen molar-refractivity contribution >= 4 is 12.4 Å². The van der Waals surface area contributed by atoms with E-state index in [-0.39, 0.29) is 12.4 Å². The van der Waals surface area contributed by atoms with Crippen molar-refractivity contribution in [2.45, 2.75) is 51.0 Å². The second kappa shape index (κ2) is 4.48. The van der Waals surface area contributed by atoms with Crippen molar-refractivity contribution in [3.63, 3.8) is 0 Å². The van der Waals surface area contributed by atoms with Gasteiger partial charge in [0.2, 0.25) is 0 Å². The quantitative estimate of drug-likeness (QED) is 0.623. The zero-order chi connectivity index (χ0) is 7.68. The largest absolute Gasteiger partial charge is 0.327 e. The molecule has 0 aromatic carbocycles. The smallest absolute Gasteiger partial charge is 0.00725 e. The first kappa shape index (κ1) is 10.3. The van der Waals surface area contributed by atoms with Crippen LogP contribution in [-0.4, -0.2) is 6.04 Å². The second-order valence-electron chi connectivity index (χ2n) is 4.32. The van der Waals surface area contributed by atoms with Gasteiger partial charge in [0.25, 0.3) is 0 Å². The van der Waals surface area contributed by atoms with Crippen molar-refractivity contribution in [3.8, 4) is 0 Å². The van der Waals surface area contributed by atoms with Crippen LogP contribution in [0.1, 0.15) is 44.9 Å². The molecule has 1 nitrogen and oxygen atoms in total. The Labute approximate surface area is 81.5 Å². The van der Waals surface area contributed by atoms with Gasteiger partial charge in [-0.05, 0) is 24.7 Å². The van der Waals surface area contributed by atoms with Gasteiger partial charge in [-0.2, -0.15) is 0 Å². The summed E-state index contributed by atoms with van der Waals surface area (Å²) in [6.45, 7) is 0. The Hall–Kier alpha value is 0.250. The lowest BCUT2D eigenvalue weighted by molar-refractivity contribution is 0.102. The maximum Gasteiger partial charge on any atom is 0.00725 e. The first-order valence-corrected chi connectivity index (χ1v) is 5.13. The highest BCUT2D eigenvalue weighted by molar-refractivity contribution is 5.85. The predicted octanol–water partition coefficient (Wildman–Crippen LogP) is 2.73. The number of nitrogens with two attached hydrogens (primary N) is 1. The van der Waals surface area contributed by atoms with E-state index < -0.39 is 0 Å². The zero-order valence-corrected chi connectivity index (χ0v) is 8.48. The monoisotopic (exact) mass is 189 g/mol. The van der Waals surface area contributed by atoms with Crippen LogP contribution < -0.4 is 5.73 Å². The third kappa shape index (κ3) is 1.94. The van der Waals surface area contributed by atoms with Gasteiger partial charge >= 0.3 is 0 Å². The Morgan fingerprint density at radius 3 is 2.25 bits per heavy atom. The number of rotatable bonds is 0. The lowest BCUT2D eigenvalue weighted by Gasteiger charge is -2.44. The van der Waals surface area contributed by atoms with Crippen molar-refractivity contribution in [1.82, 2.24) is 0 Å². The molecule has 2 saturated carbocycles. The van der Waals surface area contributed by atoms with Gasteiger partial charge < -0.3 is 5.73 Å². The summed E-state index contributed by atoms with van der Waals surface area (Å²) in [5.74, 6) is 1.93. The SMILES string of the molecule is Cl.N[C@@H]1C[C@@H]2CCCCCC[C@@H]21. The van der Waals surface area contributed by atoms with Crippen LogP contribution in [0.2, 0.25) is 0 Å².